The predicted molar refractivity (Wildman–Crippen MR) is 69.1 cm³/mol. The molecule has 1 aromatic rings. The molecule has 1 aromatic carbocycles. The van der Waals surface area contributed by atoms with E-state index >= 15 is 0 Å². The number of likely N-dealkylation sites (N-methyl/N-ethyl adjacent to an activating group) is 1. The zero-order chi connectivity index (χ0) is 13.5. The van der Waals surface area contributed by atoms with Crippen molar-refractivity contribution in [3.05, 3.63) is 29.8 Å². The van der Waals surface area contributed by atoms with Crippen LogP contribution in [0.1, 0.15) is 12.5 Å². The van der Waals surface area contributed by atoms with Crippen molar-refractivity contribution < 1.29 is 14.6 Å². The van der Waals surface area contributed by atoms with Crippen molar-refractivity contribution >= 4 is 5.91 Å². The lowest BCUT2D eigenvalue weighted by Crippen LogP contribution is -2.40. The molecule has 0 radical (unpaired) electrons. The minimum atomic E-state index is -1.13. The van der Waals surface area contributed by atoms with Gasteiger partial charge in [-0.15, -0.1) is 0 Å². The molecule has 0 fully saturated rings. The Kier molecular flexibility index (Phi) is 5.61. The van der Waals surface area contributed by atoms with Crippen LogP contribution in [-0.2, 0) is 11.3 Å². The maximum atomic E-state index is 11.6. The van der Waals surface area contributed by atoms with E-state index in [0.29, 0.717) is 13.2 Å². The van der Waals surface area contributed by atoms with Gasteiger partial charge in [-0.3, -0.25) is 4.79 Å². The third kappa shape index (κ3) is 4.01. The van der Waals surface area contributed by atoms with Crippen LogP contribution in [0, 0.1) is 0 Å². The van der Waals surface area contributed by atoms with Gasteiger partial charge in [0.05, 0.1) is 6.61 Å². The van der Waals surface area contributed by atoms with Crippen molar-refractivity contribution in [3.63, 3.8) is 0 Å². The van der Waals surface area contributed by atoms with Crippen molar-refractivity contribution in [1.29, 1.82) is 0 Å². The van der Waals surface area contributed by atoms with Crippen LogP contribution >= 0.6 is 0 Å². The smallest absolute Gasteiger partial charge is 0.252 e. The van der Waals surface area contributed by atoms with E-state index in [1.165, 1.54) is 4.90 Å². The molecule has 0 saturated carbocycles. The average molecular weight is 252 g/mol. The van der Waals surface area contributed by atoms with Crippen LogP contribution in [0.2, 0.25) is 0 Å². The van der Waals surface area contributed by atoms with Gasteiger partial charge in [0.1, 0.15) is 11.9 Å². The highest BCUT2D eigenvalue weighted by molar-refractivity contribution is 5.80. The first-order valence-electron chi connectivity index (χ1n) is 5.93. The number of carbonyl (C=O) groups is 1. The van der Waals surface area contributed by atoms with Gasteiger partial charge in [-0.1, -0.05) is 12.1 Å². The first-order valence-corrected chi connectivity index (χ1v) is 5.93. The van der Waals surface area contributed by atoms with Crippen LogP contribution in [0.3, 0.4) is 0 Å². The van der Waals surface area contributed by atoms with Gasteiger partial charge in [0.2, 0.25) is 0 Å². The number of rotatable bonds is 6. The summed E-state index contributed by atoms with van der Waals surface area (Å²) in [6.45, 7) is 2.92. The monoisotopic (exact) mass is 252 g/mol. The van der Waals surface area contributed by atoms with E-state index in [0.717, 1.165) is 11.3 Å². The van der Waals surface area contributed by atoms with E-state index in [2.05, 4.69) is 0 Å². The number of nitrogens with zero attached hydrogens (tertiary/aromatic N) is 1. The Morgan fingerprint density at radius 1 is 1.44 bits per heavy atom. The molecule has 5 heteroatoms. The second-order valence-electron chi connectivity index (χ2n) is 4.02. The number of benzene rings is 1. The van der Waals surface area contributed by atoms with E-state index in [1.54, 1.807) is 7.05 Å². The Labute approximate surface area is 107 Å². The molecule has 1 atom stereocenters. The van der Waals surface area contributed by atoms with Gasteiger partial charge >= 0.3 is 0 Å². The molecule has 1 unspecified atom stereocenters. The fourth-order valence-electron chi connectivity index (χ4n) is 1.56. The van der Waals surface area contributed by atoms with Crippen molar-refractivity contribution in [3.8, 4) is 5.75 Å². The molecule has 3 N–H and O–H groups in total. The highest BCUT2D eigenvalue weighted by Gasteiger charge is 2.17. The van der Waals surface area contributed by atoms with Crippen molar-refractivity contribution in [2.24, 2.45) is 5.73 Å². The number of nitrogens with two attached hydrogens (primary N) is 1. The molecule has 5 nitrogen and oxygen atoms in total. The summed E-state index contributed by atoms with van der Waals surface area (Å²) in [4.78, 5) is 13.1. The lowest BCUT2D eigenvalue weighted by atomic mass is 10.2. The fourth-order valence-corrected chi connectivity index (χ4v) is 1.56. The Morgan fingerprint density at radius 3 is 2.56 bits per heavy atom. The molecule has 100 valence electrons. The lowest BCUT2D eigenvalue weighted by Gasteiger charge is -2.20. The summed E-state index contributed by atoms with van der Waals surface area (Å²) in [5.74, 6) is 0.434. The summed E-state index contributed by atoms with van der Waals surface area (Å²) in [6, 6.07) is 7.50. The number of aliphatic hydroxyl groups excluding tert-OH is 1. The van der Waals surface area contributed by atoms with E-state index in [9.17, 15) is 9.90 Å². The van der Waals surface area contributed by atoms with Crippen molar-refractivity contribution in [1.82, 2.24) is 4.90 Å². The van der Waals surface area contributed by atoms with E-state index in [-0.39, 0.29) is 12.5 Å². The largest absolute Gasteiger partial charge is 0.494 e. The second kappa shape index (κ2) is 6.98. The van der Waals surface area contributed by atoms with Crippen LogP contribution < -0.4 is 10.5 Å². The summed E-state index contributed by atoms with van der Waals surface area (Å²) in [5.41, 5.74) is 6.21. The van der Waals surface area contributed by atoms with Crippen LogP contribution in [0.5, 0.6) is 5.75 Å². The first kappa shape index (κ1) is 14.5. The quantitative estimate of drug-likeness (QED) is 0.766. The second-order valence-corrected chi connectivity index (χ2v) is 4.02. The van der Waals surface area contributed by atoms with E-state index < -0.39 is 6.10 Å². The highest BCUT2D eigenvalue weighted by Crippen LogP contribution is 2.13. The zero-order valence-electron chi connectivity index (χ0n) is 10.8. The van der Waals surface area contributed by atoms with Crippen molar-refractivity contribution in [2.75, 3.05) is 20.2 Å². The maximum Gasteiger partial charge on any atom is 0.252 e. The minimum absolute atomic E-state index is 0.0630. The Balaban J connectivity index is 2.59. The first-order chi connectivity index (χ1) is 8.58. The molecule has 0 heterocycles. The van der Waals surface area contributed by atoms with Crippen molar-refractivity contribution in [2.45, 2.75) is 19.6 Å². The van der Waals surface area contributed by atoms with Crippen LogP contribution in [0.4, 0.5) is 0 Å². The van der Waals surface area contributed by atoms with Gasteiger partial charge in [0.15, 0.2) is 0 Å². The summed E-state index contributed by atoms with van der Waals surface area (Å²) < 4.78 is 5.33. The number of hydrogen-bond donors (Lipinski definition) is 2. The molecule has 0 aliphatic carbocycles. The SMILES string of the molecule is CCOc1ccc(CN(C)C(=O)C(O)CN)cc1. The minimum Gasteiger partial charge on any atom is -0.494 e. The number of ether oxygens (including phenoxy) is 1. The normalized spacial score (nSPS) is 12.0. The number of aliphatic hydroxyl groups is 1. The van der Waals surface area contributed by atoms with Gasteiger partial charge < -0.3 is 20.5 Å². The topological polar surface area (TPSA) is 75.8 Å². The van der Waals surface area contributed by atoms with E-state index in [1.807, 2.05) is 31.2 Å². The molecule has 0 bridgehead atoms. The predicted octanol–water partition coefficient (Wildman–Crippen LogP) is 0.363. The average Bonchev–Trinajstić information content (AvgIpc) is 2.39. The molecule has 0 aliphatic heterocycles. The summed E-state index contributed by atoms with van der Waals surface area (Å²) in [7, 11) is 1.64. The Morgan fingerprint density at radius 2 is 2.06 bits per heavy atom. The van der Waals surface area contributed by atoms with Crippen LogP contribution in [0.15, 0.2) is 24.3 Å². The zero-order valence-corrected chi connectivity index (χ0v) is 10.8. The van der Waals surface area contributed by atoms with Gasteiger partial charge in [-0.2, -0.15) is 0 Å². The van der Waals surface area contributed by atoms with Gasteiger partial charge in [-0.05, 0) is 24.6 Å². The molecule has 1 rings (SSSR count). The molecule has 0 aromatic heterocycles. The highest BCUT2D eigenvalue weighted by atomic mass is 16.5. The third-order valence-electron chi connectivity index (χ3n) is 2.54. The molecule has 0 aliphatic rings. The third-order valence-corrected chi connectivity index (χ3v) is 2.54. The van der Waals surface area contributed by atoms with Gasteiger partial charge in [0.25, 0.3) is 5.91 Å². The maximum absolute atomic E-state index is 11.6. The van der Waals surface area contributed by atoms with E-state index in [4.69, 9.17) is 10.5 Å². The number of amides is 1. The number of carbonyl (C=O) groups excluding carboxylic acids is 1. The Bertz CT molecular complexity index is 378. The molecular formula is C13H20N2O3. The molecular weight excluding hydrogens is 232 g/mol. The number of hydrogen-bond acceptors (Lipinski definition) is 4. The molecule has 18 heavy (non-hydrogen) atoms. The Hall–Kier alpha value is -1.59. The standard InChI is InChI=1S/C13H20N2O3/c1-3-18-11-6-4-10(5-7-11)9-15(2)13(17)12(16)8-14/h4-7,12,16H,3,8-9,14H2,1-2H3. The fraction of sp³-hybridized carbons (Fsp3) is 0.462. The summed E-state index contributed by atoms with van der Waals surface area (Å²) in [6.07, 6.45) is -1.13. The van der Waals surface area contributed by atoms with Gasteiger partial charge in [-0.25, -0.2) is 0 Å². The molecule has 0 saturated heterocycles. The summed E-state index contributed by atoms with van der Waals surface area (Å²) in [5, 5.41) is 9.35. The van der Waals surface area contributed by atoms with Gasteiger partial charge in [0, 0.05) is 20.1 Å². The molecule has 0 spiro atoms. The van der Waals surface area contributed by atoms with Crippen LogP contribution in [0.25, 0.3) is 0 Å². The molecule has 1 amide bonds. The van der Waals surface area contributed by atoms with Crippen LogP contribution in [-0.4, -0.2) is 42.2 Å². The lowest BCUT2D eigenvalue weighted by molar-refractivity contribution is -0.138. The summed E-state index contributed by atoms with van der Waals surface area (Å²) >= 11 is 0.